The summed E-state index contributed by atoms with van der Waals surface area (Å²) in [6.07, 6.45) is 0. The van der Waals surface area contributed by atoms with Gasteiger partial charge in [0.1, 0.15) is 5.75 Å². The molecule has 1 amide bonds. The number of phenols is 1. The van der Waals surface area contributed by atoms with Crippen LogP contribution in [-0.2, 0) is 4.74 Å². The van der Waals surface area contributed by atoms with Crippen molar-refractivity contribution in [1.29, 1.82) is 0 Å². The highest BCUT2D eigenvalue weighted by molar-refractivity contribution is 5.95. The van der Waals surface area contributed by atoms with Crippen LogP contribution in [0.4, 0.5) is 0 Å². The van der Waals surface area contributed by atoms with E-state index >= 15 is 0 Å². The Balaban J connectivity index is 2.74. The minimum absolute atomic E-state index is 0.112. The van der Waals surface area contributed by atoms with Gasteiger partial charge in [0, 0.05) is 32.3 Å². The fraction of sp³-hybridized carbons (Fsp3) is 0.462. The molecule has 0 saturated heterocycles. The average molecular weight is 252 g/mol. The van der Waals surface area contributed by atoms with Crippen LogP contribution in [0.3, 0.4) is 0 Å². The van der Waals surface area contributed by atoms with Gasteiger partial charge >= 0.3 is 0 Å². The number of phenolic OH excluding ortho intramolecular Hbond substituents is 1. The molecule has 0 fully saturated rings. The number of hydrogen-bond donors (Lipinski definition) is 2. The molecule has 1 aromatic carbocycles. The van der Waals surface area contributed by atoms with E-state index < -0.39 is 0 Å². The fourth-order valence-corrected chi connectivity index (χ4v) is 1.79. The Hall–Kier alpha value is -1.59. The second-order valence-corrected chi connectivity index (χ2v) is 4.40. The van der Waals surface area contributed by atoms with Crippen LogP contribution >= 0.6 is 0 Å². The zero-order chi connectivity index (χ0) is 13.7. The van der Waals surface area contributed by atoms with Gasteiger partial charge in [0.25, 0.3) is 5.91 Å². The van der Waals surface area contributed by atoms with Gasteiger partial charge in [-0.1, -0.05) is 0 Å². The minimum atomic E-state index is -0.207. The summed E-state index contributed by atoms with van der Waals surface area (Å²) in [5, 5.41) is 9.31. The first kappa shape index (κ1) is 14.5. The zero-order valence-corrected chi connectivity index (χ0v) is 11.0. The minimum Gasteiger partial charge on any atom is -0.508 e. The molecule has 1 atom stereocenters. The second-order valence-electron chi connectivity index (χ2n) is 4.40. The monoisotopic (exact) mass is 252 g/mol. The molecule has 0 saturated carbocycles. The Morgan fingerprint density at radius 2 is 2.22 bits per heavy atom. The predicted molar refractivity (Wildman–Crippen MR) is 69.7 cm³/mol. The SMILES string of the molecule is COCC(N)CN(C)C(=O)c1ccc(O)cc1C. The van der Waals surface area contributed by atoms with Crippen LogP contribution in [0.1, 0.15) is 15.9 Å². The van der Waals surface area contributed by atoms with Gasteiger partial charge < -0.3 is 20.5 Å². The lowest BCUT2D eigenvalue weighted by Gasteiger charge is -2.22. The van der Waals surface area contributed by atoms with E-state index in [9.17, 15) is 9.90 Å². The Labute approximate surface area is 107 Å². The molecule has 0 bridgehead atoms. The molecule has 100 valence electrons. The number of amides is 1. The molecule has 1 aromatic rings. The lowest BCUT2D eigenvalue weighted by molar-refractivity contribution is 0.0764. The summed E-state index contributed by atoms with van der Waals surface area (Å²) in [5.74, 6) is 0.0434. The summed E-state index contributed by atoms with van der Waals surface area (Å²) in [5.41, 5.74) is 7.12. The van der Waals surface area contributed by atoms with E-state index in [2.05, 4.69) is 0 Å². The van der Waals surface area contributed by atoms with Crippen molar-refractivity contribution in [2.24, 2.45) is 5.73 Å². The molecule has 1 unspecified atom stereocenters. The van der Waals surface area contributed by atoms with Crippen LogP contribution in [0.5, 0.6) is 5.75 Å². The number of rotatable bonds is 5. The van der Waals surface area contributed by atoms with E-state index in [0.717, 1.165) is 5.56 Å². The third-order valence-corrected chi connectivity index (χ3v) is 2.68. The summed E-state index contributed by atoms with van der Waals surface area (Å²) in [4.78, 5) is 13.7. The summed E-state index contributed by atoms with van der Waals surface area (Å²) in [6, 6.07) is 4.48. The van der Waals surface area contributed by atoms with Crippen molar-refractivity contribution >= 4 is 5.91 Å². The number of likely N-dealkylation sites (N-methyl/N-ethyl adjacent to an activating group) is 1. The number of nitrogens with two attached hydrogens (primary N) is 1. The van der Waals surface area contributed by atoms with Crippen LogP contribution in [0.25, 0.3) is 0 Å². The first-order chi connectivity index (χ1) is 8.45. The van der Waals surface area contributed by atoms with Crippen molar-refractivity contribution in [2.75, 3.05) is 27.3 Å². The van der Waals surface area contributed by atoms with Gasteiger partial charge in [-0.05, 0) is 30.7 Å². The highest BCUT2D eigenvalue weighted by atomic mass is 16.5. The van der Waals surface area contributed by atoms with E-state index in [1.165, 1.54) is 6.07 Å². The van der Waals surface area contributed by atoms with Gasteiger partial charge in [0.15, 0.2) is 0 Å². The molecule has 0 heterocycles. The number of hydrogen-bond acceptors (Lipinski definition) is 4. The Morgan fingerprint density at radius 3 is 2.78 bits per heavy atom. The first-order valence-corrected chi connectivity index (χ1v) is 5.75. The van der Waals surface area contributed by atoms with Crippen molar-refractivity contribution in [3.8, 4) is 5.75 Å². The smallest absolute Gasteiger partial charge is 0.253 e. The van der Waals surface area contributed by atoms with Gasteiger partial charge in [-0.15, -0.1) is 0 Å². The van der Waals surface area contributed by atoms with Gasteiger partial charge in [0.05, 0.1) is 6.61 Å². The number of carbonyl (C=O) groups is 1. The Bertz CT molecular complexity index is 421. The maximum Gasteiger partial charge on any atom is 0.253 e. The van der Waals surface area contributed by atoms with Crippen molar-refractivity contribution in [2.45, 2.75) is 13.0 Å². The third kappa shape index (κ3) is 3.72. The maximum absolute atomic E-state index is 12.2. The Morgan fingerprint density at radius 1 is 1.56 bits per heavy atom. The lowest BCUT2D eigenvalue weighted by Crippen LogP contribution is -2.41. The molecule has 5 nitrogen and oxygen atoms in total. The molecule has 0 aliphatic rings. The van der Waals surface area contributed by atoms with E-state index in [1.807, 2.05) is 0 Å². The zero-order valence-electron chi connectivity index (χ0n) is 11.0. The number of aromatic hydroxyl groups is 1. The van der Waals surface area contributed by atoms with Crippen LogP contribution < -0.4 is 5.73 Å². The van der Waals surface area contributed by atoms with Gasteiger partial charge in [-0.25, -0.2) is 0 Å². The van der Waals surface area contributed by atoms with E-state index in [-0.39, 0.29) is 17.7 Å². The van der Waals surface area contributed by atoms with Crippen molar-refractivity contribution < 1.29 is 14.6 Å². The summed E-state index contributed by atoms with van der Waals surface area (Å²) < 4.78 is 4.93. The highest BCUT2D eigenvalue weighted by Gasteiger charge is 2.16. The van der Waals surface area contributed by atoms with Crippen LogP contribution in [0.15, 0.2) is 18.2 Å². The van der Waals surface area contributed by atoms with Gasteiger partial charge in [-0.2, -0.15) is 0 Å². The summed E-state index contributed by atoms with van der Waals surface area (Å²) >= 11 is 0. The molecule has 3 N–H and O–H groups in total. The number of carbonyl (C=O) groups excluding carboxylic acids is 1. The molecule has 0 spiro atoms. The molecule has 0 aliphatic heterocycles. The number of methoxy groups -OCH3 is 1. The van der Waals surface area contributed by atoms with Crippen LogP contribution in [0, 0.1) is 6.92 Å². The first-order valence-electron chi connectivity index (χ1n) is 5.75. The van der Waals surface area contributed by atoms with E-state index in [0.29, 0.717) is 18.7 Å². The summed E-state index contributed by atoms with van der Waals surface area (Å²) in [7, 11) is 3.27. The highest BCUT2D eigenvalue weighted by Crippen LogP contribution is 2.17. The molecule has 0 aliphatic carbocycles. The molecule has 0 aromatic heterocycles. The third-order valence-electron chi connectivity index (χ3n) is 2.68. The molecule has 5 heteroatoms. The summed E-state index contributed by atoms with van der Waals surface area (Å²) in [6.45, 7) is 2.62. The second kappa shape index (κ2) is 6.37. The molecule has 0 radical (unpaired) electrons. The molecular formula is C13H20N2O3. The standard InChI is InChI=1S/C13H20N2O3/c1-9-6-11(16)4-5-12(9)13(17)15(2)7-10(14)8-18-3/h4-6,10,16H,7-8,14H2,1-3H3. The maximum atomic E-state index is 12.2. The average Bonchev–Trinajstić information content (AvgIpc) is 2.28. The largest absolute Gasteiger partial charge is 0.508 e. The van der Waals surface area contributed by atoms with Gasteiger partial charge in [0.2, 0.25) is 0 Å². The van der Waals surface area contributed by atoms with Crippen molar-refractivity contribution in [1.82, 2.24) is 4.90 Å². The normalized spacial score (nSPS) is 12.2. The number of aryl methyl sites for hydroxylation is 1. The van der Waals surface area contributed by atoms with E-state index in [1.54, 1.807) is 38.1 Å². The topological polar surface area (TPSA) is 75.8 Å². The molecule has 1 rings (SSSR count). The molecular weight excluding hydrogens is 232 g/mol. The number of nitrogens with zero attached hydrogens (tertiary/aromatic N) is 1. The Kier molecular flexibility index (Phi) is 5.12. The van der Waals surface area contributed by atoms with E-state index in [4.69, 9.17) is 10.5 Å². The quantitative estimate of drug-likeness (QED) is 0.810. The number of benzene rings is 1. The predicted octanol–water partition coefficient (Wildman–Crippen LogP) is 0.746. The lowest BCUT2D eigenvalue weighted by atomic mass is 10.1. The molecule has 18 heavy (non-hydrogen) atoms. The van der Waals surface area contributed by atoms with Crippen LogP contribution in [-0.4, -0.2) is 49.3 Å². The van der Waals surface area contributed by atoms with Crippen molar-refractivity contribution in [3.63, 3.8) is 0 Å². The number of ether oxygens (including phenoxy) is 1. The van der Waals surface area contributed by atoms with Gasteiger partial charge in [-0.3, -0.25) is 4.79 Å². The van der Waals surface area contributed by atoms with Crippen LogP contribution in [0.2, 0.25) is 0 Å². The van der Waals surface area contributed by atoms with Crippen molar-refractivity contribution in [3.05, 3.63) is 29.3 Å². The fourth-order valence-electron chi connectivity index (χ4n) is 1.79.